The second-order valence-electron chi connectivity index (χ2n) is 3.96. The van der Waals surface area contributed by atoms with Gasteiger partial charge in [0.15, 0.2) is 6.29 Å². The van der Waals surface area contributed by atoms with Crippen LogP contribution in [0.1, 0.15) is 10.4 Å². The molecule has 0 spiro atoms. The summed E-state index contributed by atoms with van der Waals surface area (Å²) in [6.07, 6.45) is 0.292. The van der Waals surface area contributed by atoms with Gasteiger partial charge in [-0.1, -0.05) is 18.2 Å². The van der Waals surface area contributed by atoms with Gasteiger partial charge in [-0.3, -0.25) is 14.9 Å². The molecule has 5 nitrogen and oxygen atoms in total. The Morgan fingerprint density at radius 3 is 2.35 bits per heavy atom. The van der Waals surface area contributed by atoms with Crippen molar-refractivity contribution in [3.8, 4) is 16.9 Å². The lowest BCUT2D eigenvalue weighted by Gasteiger charge is -2.07. The first kappa shape index (κ1) is 13.7. The first-order valence-electron chi connectivity index (χ1n) is 5.65. The number of rotatable bonds is 4. The van der Waals surface area contributed by atoms with Gasteiger partial charge in [-0.15, -0.1) is 0 Å². The first-order chi connectivity index (χ1) is 9.58. The molecule has 20 heavy (non-hydrogen) atoms. The Morgan fingerprint density at radius 1 is 1.20 bits per heavy atom. The number of hydrogen-bond donors (Lipinski definition) is 0. The third-order valence-corrected chi connectivity index (χ3v) is 2.87. The van der Waals surface area contributed by atoms with Crippen molar-refractivity contribution in [2.24, 2.45) is 0 Å². The van der Waals surface area contributed by atoms with Crippen molar-refractivity contribution in [3.63, 3.8) is 0 Å². The highest BCUT2D eigenvalue weighted by atomic mass is 19.1. The molecule has 2 aromatic carbocycles. The quantitative estimate of drug-likeness (QED) is 0.488. The van der Waals surface area contributed by atoms with Crippen molar-refractivity contribution in [2.75, 3.05) is 7.11 Å². The number of methoxy groups -OCH3 is 1. The fourth-order valence-electron chi connectivity index (χ4n) is 1.91. The van der Waals surface area contributed by atoms with Gasteiger partial charge in [0.2, 0.25) is 5.82 Å². The molecule has 0 radical (unpaired) electrons. The SMILES string of the molecule is COc1ccc(-c2ccc(F)c([N+](=O)[O-])c2C=O)cc1. The zero-order chi connectivity index (χ0) is 14.7. The molecule has 0 N–H and O–H groups in total. The molecule has 0 aromatic heterocycles. The van der Waals surface area contributed by atoms with E-state index in [0.29, 0.717) is 23.2 Å². The van der Waals surface area contributed by atoms with Crippen LogP contribution in [0.15, 0.2) is 36.4 Å². The van der Waals surface area contributed by atoms with E-state index >= 15 is 0 Å². The molecule has 2 aromatic rings. The van der Waals surface area contributed by atoms with Crippen LogP contribution in [0.4, 0.5) is 10.1 Å². The highest BCUT2D eigenvalue weighted by Gasteiger charge is 2.23. The van der Waals surface area contributed by atoms with Crippen LogP contribution >= 0.6 is 0 Å². The van der Waals surface area contributed by atoms with E-state index in [-0.39, 0.29) is 5.56 Å². The van der Waals surface area contributed by atoms with E-state index in [2.05, 4.69) is 0 Å². The average molecular weight is 275 g/mol. The maximum atomic E-state index is 13.5. The second kappa shape index (κ2) is 5.48. The van der Waals surface area contributed by atoms with E-state index in [1.807, 2.05) is 0 Å². The predicted molar refractivity (Wildman–Crippen MR) is 70.4 cm³/mol. The second-order valence-corrected chi connectivity index (χ2v) is 3.96. The van der Waals surface area contributed by atoms with Gasteiger partial charge in [0, 0.05) is 0 Å². The minimum absolute atomic E-state index is 0.278. The Morgan fingerprint density at radius 2 is 1.85 bits per heavy atom. The summed E-state index contributed by atoms with van der Waals surface area (Å²) in [6.45, 7) is 0. The molecule has 0 atom stereocenters. The van der Waals surface area contributed by atoms with Crippen molar-refractivity contribution in [2.45, 2.75) is 0 Å². The summed E-state index contributed by atoms with van der Waals surface area (Å²) in [4.78, 5) is 21.1. The number of benzene rings is 2. The average Bonchev–Trinajstić information content (AvgIpc) is 2.46. The number of ether oxygens (including phenoxy) is 1. The number of carbonyl (C=O) groups excluding carboxylic acids is 1. The maximum Gasteiger partial charge on any atom is 0.315 e. The monoisotopic (exact) mass is 275 g/mol. The van der Waals surface area contributed by atoms with Crippen LogP contribution in [0.25, 0.3) is 11.1 Å². The lowest BCUT2D eigenvalue weighted by Crippen LogP contribution is -2.00. The third kappa shape index (κ3) is 2.35. The number of halogens is 1. The summed E-state index contributed by atoms with van der Waals surface area (Å²) in [5.74, 6) is -0.424. The van der Waals surface area contributed by atoms with E-state index < -0.39 is 16.4 Å². The number of aldehydes is 1. The molecule has 0 aliphatic carbocycles. The lowest BCUT2D eigenvalue weighted by atomic mass is 9.98. The van der Waals surface area contributed by atoms with Crippen molar-refractivity contribution in [1.29, 1.82) is 0 Å². The third-order valence-electron chi connectivity index (χ3n) is 2.87. The van der Waals surface area contributed by atoms with E-state index in [1.54, 1.807) is 24.3 Å². The molecule has 0 heterocycles. The van der Waals surface area contributed by atoms with E-state index in [4.69, 9.17) is 4.74 Å². The Balaban J connectivity index is 2.64. The van der Waals surface area contributed by atoms with Crippen LogP contribution in [0.3, 0.4) is 0 Å². The molecule has 0 aliphatic heterocycles. The summed E-state index contributed by atoms with van der Waals surface area (Å²) in [6, 6.07) is 8.91. The van der Waals surface area contributed by atoms with Gasteiger partial charge in [-0.2, -0.15) is 4.39 Å². The van der Waals surface area contributed by atoms with Crippen LogP contribution in [0, 0.1) is 15.9 Å². The van der Waals surface area contributed by atoms with Crippen LogP contribution in [0.5, 0.6) is 5.75 Å². The Labute approximate surface area is 113 Å². The minimum atomic E-state index is -1.03. The molecule has 0 saturated heterocycles. The highest BCUT2D eigenvalue weighted by molar-refractivity contribution is 5.92. The Hall–Kier alpha value is -2.76. The molecule has 0 saturated carbocycles. The van der Waals surface area contributed by atoms with Crippen LogP contribution < -0.4 is 4.74 Å². The molecule has 0 unspecified atom stereocenters. The van der Waals surface area contributed by atoms with Gasteiger partial charge >= 0.3 is 5.69 Å². The number of nitro benzene ring substituents is 1. The number of nitrogens with zero attached hydrogens (tertiary/aromatic N) is 1. The van der Waals surface area contributed by atoms with Gasteiger partial charge in [-0.25, -0.2) is 0 Å². The van der Waals surface area contributed by atoms with Crippen molar-refractivity contribution in [3.05, 3.63) is 57.9 Å². The molecule has 102 valence electrons. The summed E-state index contributed by atoms with van der Waals surface area (Å²) in [5, 5.41) is 10.9. The van der Waals surface area contributed by atoms with Crippen molar-refractivity contribution in [1.82, 2.24) is 0 Å². The molecule has 0 amide bonds. The van der Waals surface area contributed by atoms with Gasteiger partial charge in [-0.05, 0) is 29.3 Å². The summed E-state index contributed by atoms with van der Waals surface area (Å²) >= 11 is 0. The number of nitro groups is 1. The number of hydrogen-bond acceptors (Lipinski definition) is 4. The summed E-state index contributed by atoms with van der Waals surface area (Å²) in [7, 11) is 1.51. The standard InChI is InChI=1S/C14H10FNO4/c1-20-10-4-2-9(3-5-10)11-6-7-13(15)14(16(18)19)12(11)8-17/h2-8H,1H3. The van der Waals surface area contributed by atoms with Crippen LogP contribution in [-0.2, 0) is 0 Å². The molecule has 6 heteroatoms. The van der Waals surface area contributed by atoms with Crippen LogP contribution in [-0.4, -0.2) is 18.3 Å². The Kier molecular flexibility index (Phi) is 3.74. The fraction of sp³-hybridized carbons (Fsp3) is 0.0714. The molecule has 2 rings (SSSR count). The smallest absolute Gasteiger partial charge is 0.315 e. The minimum Gasteiger partial charge on any atom is -0.497 e. The molecular formula is C14H10FNO4. The fourth-order valence-corrected chi connectivity index (χ4v) is 1.91. The Bertz CT molecular complexity index is 668. The lowest BCUT2D eigenvalue weighted by molar-refractivity contribution is -0.387. The van der Waals surface area contributed by atoms with E-state index in [0.717, 1.165) is 6.07 Å². The van der Waals surface area contributed by atoms with Crippen molar-refractivity contribution < 1.29 is 18.8 Å². The topological polar surface area (TPSA) is 69.4 Å². The van der Waals surface area contributed by atoms with Gasteiger partial charge in [0.1, 0.15) is 11.3 Å². The van der Waals surface area contributed by atoms with Crippen LogP contribution in [0.2, 0.25) is 0 Å². The molecule has 0 bridgehead atoms. The zero-order valence-corrected chi connectivity index (χ0v) is 10.5. The summed E-state index contributed by atoms with van der Waals surface area (Å²) < 4.78 is 18.5. The predicted octanol–water partition coefficient (Wildman–Crippen LogP) is 3.22. The maximum absolute atomic E-state index is 13.5. The van der Waals surface area contributed by atoms with Gasteiger partial charge in [0.05, 0.1) is 12.0 Å². The number of carbonyl (C=O) groups is 1. The molecule has 0 aliphatic rings. The van der Waals surface area contributed by atoms with E-state index in [9.17, 15) is 19.3 Å². The van der Waals surface area contributed by atoms with Crippen molar-refractivity contribution >= 4 is 12.0 Å². The molecular weight excluding hydrogens is 265 g/mol. The zero-order valence-electron chi connectivity index (χ0n) is 10.5. The first-order valence-corrected chi connectivity index (χ1v) is 5.65. The van der Waals surface area contributed by atoms with E-state index in [1.165, 1.54) is 13.2 Å². The summed E-state index contributed by atoms with van der Waals surface area (Å²) in [5.41, 5.74) is -0.222. The van der Waals surface area contributed by atoms with Gasteiger partial charge < -0.3 is 4.74 Å². The molecule has 0 fully saturated rings. The highest BCUT2D eigenvalue weighted by Crippen LogP contribution is 2.32. The van der Waals surface area contributed by atoms with Gasteiger partial charge in [0.25, 0.3) is 0 Å². The normalized spacial score (nSPS) is 10.1. The largest absolute Gasteiger partial charge is 0.497 e.